The van der Waals surface area contributed by atoms with E-state index in [9.17, 15) is 5.11 Å². The van der Waals surface area contributed by atoms with Crippen LogP contribution >= 0.6 is 0 Å². The molecule has 0 heterocycles. The lowest BCUT2D eigenvalue weighted by Gasteiger charge is -2.01. The molecule has 0 aliphatic heterocycles. The Hall–Kier alpha value is -2.55. The summed E-state index contributed by atoms with van der Waals surface area (Å²) >= 11 is 0. The van der Waals surface area contributed by atoms with Crippen LogP contribution in [0.25, 0.3) is 6.08 Å². The lowest BCUT2D eigenvalue weighted by molar-refractivity contribution is 0.132. The molecule has 2 aromatic rings. The van der Waals surface area contributed by atoms with E-state index in [0.717, 1.165) is 11.1 Å². The van der Waals surface area contributed by atoms with Gasteiger partial charge < -0.3 is 9.94 Å². The first-order chi connectivity index (χ1) is 9.29. The Morgan fingerprint density at radius 1 is 1.16 bits per heavy atom. The van der Waals surface area contributed by atoms with Crippen molar-refractivity contribution in [1.29, 1.82) is 0 Å². The summed E-state index contributed by atoms with van der Waals surface area (Å²) in [7, 11) is 0. The maximum Gasteiger partial charge on any atom is 0.142 e. The third-order valence-electron chi connectivity index (χ3n) is 2.63. The first-order valence-electron chi connectivity index (χ1n) is 5.94. The van der Waals surface area contributed by atoms with Crippen LogP contribution in [0.4, 0.5) is 0 Å². The molecule has 0 saturated heterocycles. The molecule has 0 saturated carbocycles. The second-order valence-electron chi connectivity index (χ2n) is 4.02. The second-order valence-corrected chi connectivity index (χ2v) is 4.02. The number of benzene rings is 2. The quantitative estimate of drug-likeness (QED) is 0.653. The molecule has 0 aromatic heterocycles. The average molecular weight is 253 g/mol. The maximum atomic E-state index is 9.67. The lowest BCUT2D eigenvalue weighted by Crippen LogP contribution is -1.89. The summed E-state index contributed by atoms with van der Waals surface area (Å²) in [5.74, 6) is 0.165. The van der Waals surface area contributed by atoms with E-state index in [4.69, 9.17) is 4.84 Å². The van der Waals surface area contributed by atoms with Crippen molar-refractivity contribution < 1.29 is 9.94 Å². The zero-order valence-corrected chi connectivity index (χ0v) is 10.5. The topological polar surface area (TPSA) is 41.8 Å². The Morgan fingerprint density at radius 2 is 1.95 bits per heavy atom. The molecule has 0 radical (unpaired) electrons. The van der Waals surface area contributed by atoms with E-state index in [0.29, 0.717) is 12.2 Å². The number of oxime groups is 1. The molecule has 1 N–H and O–H groups in total. The van der Waals surface area contributed by atoms with Crippen LogP contribution in [0, 0.1) is 0 Å². The smallest absolute Gasteiger partial charge is 0.142 e. The van der Waals surface area contributed by atoms with Gasteiger partial charge in [-0.25, -0.2) is 0 Å². The van der Waals surface area contributed by atoms with Gasteiger partial charge in [0.25, 0.3) is 0 Å². The van der Waals surface area contributed by atoms with Crippen LogP contribution in [-0.4, -0.2) is 11.3 Å². The first-order valence-corrected chi connectivity index (χ1v) is 5.94. The number of nitrogens with zero attached hydrogens (tertiary/aromatic N) is 1. The highest BCUT2D eigenvalue weighted by Crippen LogP contribution is 2.17. The largest absolute Gasteiger partial charge is 0.507 e. The van der Waals surface area contributed by atoms with Gasteiger partial charge in [0.15, 0.2) is 0 Å². The van der Waals surface area contributed by atoms with Crippen molar-refractivity contribution >= 4 is 12.3 Å². The summed E-state index contributed by atoms with van der Waals surface area (Å²) in [4.78, 5) is 5.18. The van der Waals surface area contributed by atoms with Gasteiger partial charge in [0.1, 0.15) is 12.4 Å². The molecule has 0 bridgehead atoms. The summed E-state index contributed by atoms with van der Waals surface area (Å²) in [6, 6.07) is 14.9. The summed E-state index contributed by atoms with van der Waals surface area (Å²) in [6.07, 6.45) is 3.20. The molecular weight excluding hydrogens is 238 g/mol. The van der Waals surface area contributed by atoms with Crippen LogP contribution in [0.1, 0.15) is 16.7 Å². The van der Waals surface area contributed by atoms with Crippen molar-refractivity contribution in [2.45, 2.75) is 6.61 Å². The zero-order valence-electron chi connectivity index (χ0n) is 10.5. The molecular formula is C16H15NO2. The van der Waals surface area contributed by atoms with Gasteiger partial charge in [-0.05, 0) is 23.3 Å². The van der Waals surface area contributed by atoms with Gasteiger partial charge in [0.2, 0.25) is 0 Å². The molecule has 19 heavy (non-hydrogen) atoms. The number of rotatable bonds is 5. The minimum absolute atomic E-state index is 0.165. The fourth-order valence-electron chi connectivity index (χ4n) is 1.58. The normalized spacial score (nSPS) is 10.5. The van der Waals surface area contributed by atoms with Crippen LogP contribution < -0.4 is 0 Å². The van der Waals surface area contributed by atoms with Gasteiger partial charge in [0.05, 0.1) is 6.21 Å². The molecule has 2 rings (SSSR count). The Morgan fingerprint density at radius 3 is 2.68 bits per heavy atom. The molecule has 0 atom stereocenters. The number of hydrogen-bond acceptors (Lipinski definition) is 3. The van der Waals surface area contributed by atoms with Crippen molar-refractivity contribution in [3.63, 3.8) is 0 Å². The lowest BCUT2D eigenvalue weighted by atomic mass is 10.1. The Labute approximate surface area is 112 Å². The second kappa shape index (κ2) is 6.40. The third-order valence-corrected chi connectivity index (χ3v) is 2.63. The van der Waals surface area contributed by atoms with Crippen LogP contribution in [0.15, 0.2) is 60.3 Å². The van der Waals surface area contributed by atoms with Gasteiger partial charge in [-0.15, -0.1) is 0 Å². The SMILES string of the molecule is C=Cc1ccc(O)c(/C=N/OCc2ccccc2)c1. The third kappa shape index (κ3) is 3.71. The van der Waals surface area contributed by atoms with E-state index in [1.54, 1.807) is 24.3 Å². The average Bonchev–Trinajstić information content (AvgIpc) is 2.46. The summed E-state index contributed by atoms with van der Waals surface area (Å²) in [5, 5.41) is 13.5. The van der Waals surface area contributed by atoms with Crippen molar-refractivity contribution in [1.82, 2.24) is 0 Å². The zero-order chi connectivity index (χ0) is 13.5. The summed E-state index contributed by atoms with van der Waals surface area (Å²) in [6.45, 7) is 4.08. The van der Waals surface area contributed by atoms with Gasteiger partial charge >= 0.3 is 0 Å². The Balaban J connectivity index is 1.97. The van der Waals surface area contributed by atoms with E-state index in [2.05, 4.69) is 11.7 Å². The number of aromatic hydroxyl groups is 1. The summed E-state index contributed by atoms with van der Waals surface area (Å²) < 4.78 is 0. The molecule has 0 aliphatic rings. The standard InChI is InChI=1S/C16H15NO2/c1-2-13-8-9-16(18)15(10-13)11-17-19-12-14-6-4-3-5-7-14/h2-11,18H,1,12H2/b17-11+. The minimum atomic E-state index is 0.165. The molecule has 96 valence electrons. The van der Waals surface area contributed by atoms with Crippen LogP contribution in [0.5, 0.6) is 5.75 Å². The molecule has 0 unspecified atom stereocenters. The van der Waals surface area contributed by atoms with E-state index < -0.39 is 0 Å². The predicted molar refractivity (Wildman–Crippen MR) is 77.0 cm³/mol. The molecule has 2 aromatic carbocycles. The van der Waals surface area contributed by atoms with E-state index in [-0.39, 0.29) is 5.75 Å². The van der Waals surface area contributed by atoms with Gasteiger partial charge in [0, 0.05) is 5.56 Å². The monoisotopic (exact) mass is 253 g/mol. The van der Waals surface area contributed by atoms with E-state index in [1.165, 1.54) is 6.21 Å². The molecule has 3 heteroatoms. The number of phenols is 1. The highest BCUT2D eigenvalue weighted by molar-refractivity contribution is 5.84. The highest BCUT2D eigenvalue weighted by Gasteiger charge is 1.98. The van der Waals surface area contributed by atoms with Gasteiger partial charge in [-0.3, -0.25) is 0 Å². The molecule has 0 aliphatic carbocycles. The first kappa shape index (κ1) is 12.9. The van der Waals surface area contributed by atoms with Crippen molar-refractivity contribution in [3.05, 3.63) is 71.8 Å². The van der Waals surface area contributed by atoms with Crippen LogP contribution in [-0.2, 0) is 11.4 Å². The maximum absolute atomic E-state index is 9.67. The van der Waals surface area contributed by atoms with Gasteiger partial charge in [-0.1, -0.05) is 54.2 Å². The van der Waals surface area contributed by atoms with E-state index >= 15 is 0 Å². The van der Waals surface area contributed by atoms with Crippen molar-refractivity contribution in [2.24, 2.45) is 5.16 Å². The number of phenolic OH excluding ortho intramolecular Hbond substituents is 1. The van der Waals surface area contributed by atoms with Gasteiger partial charge in [-0.2, -0.15) is 0 Å². The molecule has 0 fully saturated rings. The van der Waals surface area contributed by atoms with E-state index in [1.807, 2.05) is 30.3 Å². The fourth-order valence-corrected chi connectivity index (χ4v) is 1.58. The fraction of sp³-hybridized carbons (Fsp3) is 0.0625. The Bertz CT molecular complexity index is 577. The van der Waals surface area contributed by atoms with Crippen LogP contribution in [0.2, 0.25) is 0 Å². The highest BCUT2D eigenvalue weighted by atomic mass is 16.6. The molecule has 3 nitrogen and oxygen atoms in total. The Kier molecular flexibility index (Phi) is 4.34. The predicted octanol–water partition coefficient (Wildman–Crippen LogP) is 3.59. The van der Waals surface area contributed by atoms with Crippen molar-refractivity contribution in [2.75, 3.05) is 0 Å². The molecule has 0 spiro atoms. The minimum Gasteiger partial charge on any atom is -0.507 e. The summed E-state index contributed by atoms with van der Waals surface area (Å²) in [5.41, 5.74) is 2.57. The van der Waals surface area contributed by atoms with Crippen LogP contribution in [0.3, 0.4) is 0 Å². The number of hydrogen-bond donors (Lipinski definition) is 1. The molecule has 0 amide bonds. The van der Waals surface area contributed by atoms with Crippen molar-refractivity contribution in [3.8, 4) is 5.75 Å².